The SMILES string of the molecule is c1ccc(-n2ccc3c2-c2ccc4cccc5c4c2C(C3)N5c2ccc(-c3ccc4ccccc4c3)cc2)cc1. The Hall–Kier alpha value is -5.08. The molecule has 40 heavy (non-hydrogen) atoms. The highest BCUT2D eigenvalue weighted by atomic mass is 15.2. The first-order valence-corrected chi connectivity index (χ1v) is 14.0. The van der Waals surface area contributed by atoms with Crippen LogP contribution in [-0.2, 0) is 6.42 Å². The van der Waals surface area contributed by atoms with Crippen LogP contribution in [0.25, 0.3) is 49.6 Å². The largest absolute Gasteiger partial charge is 0.333 e. The van der Waals surface area contributed by atoms with E-state index in [0.717, 1.165) is 6.42 Å². The molecule has 2 aliphatic rings. The molecule has 6 aromatic carbocycles. The molecule has 188 valence electrons. The molecule has 1 aromatic heterocycles. The lowest BCUT2D eigenvalue weighted by Crippen LogP contribution is -2.24. The Kier molecular flexibility index (Phi) is 4.48. The molecule has 2 nitrogen and oxygen atoms in total. The molecule has 9 rings (SSSR count). The van der Waals surface area contributed by atoms with Crippen LogP contribution in [0.3, 0.4) is 0 Å². The van der Waals surface area contributed by atoms with Gasteiger partial charge in [0, 0.05) is 34.2 Å². The average Bonchev–Trinajstić information content (AvgIpc) is 3.60. The van der Waals surface area contributed by atoms with Gasteiger partial charge in [-0.05, 0) is 87.3 Å². The molecule has 0 saturated carbocycles. The molecular weight excluding hydrogens is 484 g/mol. The molecule has 2 heteroatoms. The number of benzene rings is 6. The van der Waals surface area contributed by atoms with Crippen molar-refractivity contribution >= 4 is 32.9 Å². The third kappa shape index (κ3) is 3.05. The van der Waals surface area contributed by atoms with E-state index in [1.165, 1.54) is 72.1 Å². The van der Waals surface area contributed by atoms with E-state index in [0.29, 0.717) is 0 Å². The van der Waals surface area contributed by atoms with E-state index in [9.17, 15) is 0 Å². The van der Waals surface area contributed by atoms with Gasteiger partial charge in [0.1, 0.15) is 0 Å². The summed E-state index contributed by atoms with van der Waals surface area (Å²) in [6.07, 6.45) is 3.23. The summed E-state index contributed by atoms with van der Waals surface area (Å²) >= 11 is 0. The van der Waals surface area contributed by atoms with Gasteiger partial charge in [0.2, 0.25) is 0 Å². The summed E-state index contributed by atoms with van der Waals surface area (Å²) in [5, 5.41) is 5.27. The van der Waals surface area contributed by atoms with Crippen molar-refractivity contribution in [2.45, 2.75) is 12.5 Å². The van der Waals surface area contributed by atoms with Gasteiger partial charge in [-0.15, -0.1) is 0 Å². The van der Waals surface area contributed by atoms with E-state index < -0.39 is 0 Å². The third-order valence-corrected chi connectivity index (χ3v) is 8.87. The Morgan fingerprint density at radius 1 is 0.550 bits per heavy atom. The van der Waals surface area contributed by atoms with Crippen molar-refractivity contribution in [3.8, 4) is 28.1 Å². The number of hydrogen-bond acceptors (Lipinski definition) is 1. The van der Waals surface area contributed by atoms with Gasteiger partial charge in [-0.2, -0.15) is 0 Å². The van der Waals surface area contributed by atoms with Crippen LogP contribution in [0.1, 0.15) is 17.2 Å². The van der Waals surface area contributed by atoms with E-state index >= 15 is 0 Å². The highest BCUT2D eigenvalue weighted by Crippen LogP contribution is 2.55. The second-order valence-electron chi connectivity index (χ2n) is 11.0. The fourth-order valence-electron chi connectivity index (χ4n) is 7.09. The number of nitrogens with zero attached hydrogens (tertiary/aromatic N) is 2. The maximum absolute atomic E-state index is 2.58. The lowest BCUT2D eigenvalue weighted by Gasteiger charge is -2.32. The van der Waals surface area contributed by atoms with Gasteiger partial charge >= 0.3 is 0 Å². The van der Waals surface area contributed by atoms with Crippen LogP contribution in [0.15, 0.2) is 140 Å². The van der Waals surface area contributed by atoms with E-state index in [-0.39, 0.29) is 6.04 Å². The highest BCUT2D eigenvalue weighted by Gasteiger charge is 2.39. The molecule has 1 unspecified atom stereocenters. The van der Waals surface area contributed by atoms with Gasteiger partial charge in [0.05, 0.1) is 11.7 Å². The minimum absolute atomic E-state index is 0.279. The molecule has 2 heterocycles. The number of fused-ring (bicyclic) bond motifs is 3. The minimum Gasteiger partial charge on any atom is -0.333 e. The molecule has 0 amide bonds. The predicted octanol–water partition coefficient (Wildman–Crippen LogP) is 9.87. The van der Waals surface area contributed by atoms with Crippen LogP contribution >= 0.6 is 0 Å². The van der Waals surface area contributed by atoms with Crippen molar-refractivity contribution in [2.75, 3.05) is 4.90 Å². The zero-order valence-corrected chi connectivity index (χ0v) is 22.0. The number of para-hydroxylation sites is 1. The van der Waals surface area contributed by atoms with E-state index in [1.807, 2.05) is 0 Å². The number of aromatic nitrogens is 1. The highest BCUT2D eigenvalue weighted by molar-refractivity contribution is 6.07. The second kappa shape index (κ2) is 8.21. The van der Waals surface area contributed by atoms with Crippen LogP contribution in [-0.4, -0.2) is 4.57 Å². The van der Waals surface area contributed by atoms with Crippen molar-refractivity contribution in [3.63, 3.8) is 0 Å². The Morgan fingerprint density at radius 2 is 1.30 bits per heavy atom. The Morgan fingerprint density at radius 3 is 2.17 bits per heavy atom. The molecule has 0 N–H and O–H groups in total. The summed E-state index contributed by atoms with van der Waals surface area (Å²) in [4.78, 5) is 2.58. The molecule has 1 aliphatic carbocycles. The molecule has 0 fully saturated rings. The third-order valence-electron chi connectivity index (χ3n) is 8.87. The van der Waals surface area contributed by atoms with Crippen molar-refractivity contribution in [2.24, 2.45) is 0 Å². The maximum atomic E-state index is 2.58. The lowest BCUT2D eigenvalue weighted by molar-refractivity contribution is 0.707. The Labute approximate surface area is 233 Å². The van der Waals surface area contributed by atoms with Gasteiger partial charge in [0.25, 0.3) is 0 Å². The normalized spacial score (nSPS) is 15.1. The van der Waals surface area contributed by atoms with Crippen LogP contribution in [0.5, 0.6) is 0 Å². The topological polar surface area (TPSA) is 8.17 Å². The van der Waals surface area contributed by atoms with Crippen LogP contribution in [0.2, 0.25) is 0 Å². The first kappa shape index (κ1) is 21.8. The minimum atomic E-state index is 0.279. The average molecular weight is 511 g/mol. The van der Waals surface area contributed by atoms with Crippen molar-refractivity contribution in [1.29, 1.82) is 0 Å². The van der Waals surface area contributed by atoms with Gasteiger partial charge in [-0.25, -0.2) is 0 Å². The zero-order chi connectivity index (χ0) is 26.2. The smallest absolute Gasteiger partial charge is 0.0646 e. The molecule has 0 bridgehead atoms. The standard InChI is InChI=1S/C38H26N2/c1-2-10-31(11-3-1)39-22-21-30-24-35-37-33(38(30)39)20-17-27-9-6-12-34(36(27)37)40(35)32-18-15-26(16-19-32)29-14-13-25-7-4-5-8-28(25)23-29/h1-23,35H,24H2. The fourth-order valence-corrected chi connectivity index (χ4v) is 7.09. The van der Waals surface area contributed by atoms with Crippen LogP contribution < -0.4 is 4.90 Å². The van der Waals surface area contributed by atoms with Gasteiger partial charge in [0.15, 0.2) is 0 Å². The molecular formula is C38H26N2. The summed E-state index contributed by atoms with van der Waals surface area (Å²) in [6, 6.07) is 49.2. The molecule has 0 saturated heterocycles. The Balaban J connectivity index is 1.17. The molecule has 0 radical (unpaired) electrons. The maximum Gasteiger partial charge on any atom is 0.0646 e. The summed E-state index contributed by atoms with van der Waals surface area (Å²) < 4.78 is 2.37. The van der Waals surface area contributed by atoms with Crippen LogP contribution in [0.4, 0.5) is 11.4 Å². The van der Waals surface area contributed by atoms with Crippen molar-refractivity contribution < 1.29 is 0 Å². The van der Waals surface area contributed by atoms with E-state index in [4.69, 9.17) is 0 Å². The van der Waals surface area contributed by atoms with E-state index in [1.54, 1.807) is 0 Å². The first-order chi connectivity index (χ1) is 19.8. The zero-order valence-electron chi connectivity index (χ0n) is 22.0. The monoisotopic (exact) mass is 510 g/mol. The quantitative estimate of drug-likeness (QED) is 0.230. The second-order valence-corrected chi connectivity index (χ2v) is 11.0. The van der Waals surface area contributed by atoms with E-state index in [2.05, 4.69) is 149 Å². The fraction of sp³-hybridized carbons (Fsp3) is 0.0526. The number of hydrogen-bond donors (Lipinski definition) is 0. The molecule has 1 atom stereocenters. The number of rotatable bonds is 3. The van der Waals surface area contributed by atoms with Gasteiger partial charge in [-0.3, -0.25) is 0 Å². The first-order valence-electron chi connectivity index (χ1n) is 14.0. The summed E-state index contributed by atoms with van der Waals surface area (Å²) in [5.74, 6) is 0. The Bertz CT molecular complexity index is 2080. The summed E-state index contributed by atoms with van der Waals surface area (Å²) in [6.45, 7) is 0. The van der Waals surface area contributed by atoms with Crippen molar-refractivity contribution in [3.05, 3.63) is 151 Å². The summed E-state index contributed by atoms with van der Waals surface area (Å²) in [5.41, 5.74) is 11.8. The van der Waals surface area contributed by atoms with Gasteiger partial charge in [-0.1, -0.05) is 91.0 Å². The predicted molar refractivity (Wildman–Crippen MR) is 167 cm³/mol. The van der Waals surface area contributed by atoms with Crippen LogP contribution in [0, 0.1) is 0 Å². The van der Waals surface area contributed by atoms with Crippen molar-refractivity contribution in [1.82, 2.24) is 4.57 Å². The number of anilines is 2. The van der Waals surface area contributed by atoms with Gasteiger partial charge < -0.3 is 9.47 Å². The molecule has 7 aromatic rings. The molecule has 0 spiro atoms. The lowest BCUT2D eigenvalue weighted by atomic mass is 9.85. The molecule has 1 aliphatic heterocycles. The summed E-state index contributed by atoms with van der Waals surface area (Å²) in [7, 11) is 0.